The van der Waals surface area contributed by atoms with E-state index in [9.17, 15) is 4.39 Å². The molecule has 0 aliphatic carbocycles. The minimum Gasteiger partial charge on any atom is -0.395 e. The fourth-order valence-electron chi connectivity index (χ4n) is 1.40. The minimum absolute atomic E-state index is 0.171. The average Bonchev–Trinajstić information content (AvgIpc) is 2.25. The van der Waals surface area contributed by atoms with Crippen LogP contribution in [0.15, 0.2) is 18.2 Å². The number of hydrogen-bond donors (Lipinski definition) is 2. The summed E-state index contributed by atoms with van der Waals surface area (Å²) in [6, 6.07) is 3.94. The van der Waals surface area contributed by atoms with Gasteiger partial charge in [-0.05, 0) is 25.2 Å². The molecule has 2 N–H and O–H groups in total. The maximum atomic E-state index is 13.4. The molecule has 0 fully saturated rings. The van der Waals surface area contributed by atoms with Gasteiger partial charge in [-0.15, -0.1) is 0 Å². The van der Waals surface area contributed by atoms with Crippen molar-refractivity contribution in [3.63, 3.8) is 0 Å². The zero-order valence-electron chi connectivity index (χ0n) is 9.03. The van der Waals surface area contributed by atoms with Crippen molar-refractivity contribution in [3.05, 3.63) is 34.6 Å². The highest BCUT2D eigenvalue weighted by Gasteiger charge is 2.14. The topological polar surface area (TPSA) is 43.7 Å². The molecule has 0 bridgehead atoms. The van der Waals surface area contributed by atoms with E-state index in [0.717, 1.165) is 0 Å². The summed E-state index contributed by atoms with van der Waals surface area (Å²) in [6.07, 6.45) is 0. The molecule has 0 radical (unpaired) electrons. The summed E-state index contributed by atoms with van der Waals surface area (Å²) in [5.41, 5.74) is 0.446. The molecule has 0 spiro atoms. The van der Waals surface area contributed by atoms with Crippen LogP contribution in [0.4, 0.5) is 4.39 Å². The molecular weight excluding hydrogens is 233 g/mol. The molecule has 0 aliphatic rings. The predicted octanol–water partition coefficient (Wildman–Crippen LogP) is 1.26. The molecule has 1 aromatic carbocycles. The second-order valence-corrected chi connectivity index (χ2v) is 4.11. The van der Waals surface area contributed by atoms with Crippen LogP contribution < -0.4 is 0 Å². The largest absolute Gasteiger partial charge is 0.395 e. The quantitative estimate of drug-likeness (QED) is 0.824. The maximum absolute atomic E-state index is 13.4. The van der Waals surface area contributed by atoms with E-state index in [-0.39, 0.29) is 25.6 Å². The molecule has 0 aromatic heterocycles. The Morgan fingerprint density at radius 2 is 2.00 bits per heavy atom. The monoisotopic (exact) mass is 247 g/mol. The number of hydrogen-bond acceptors (Lipinski definition) is 3. The fraction of sp³-hybridized carbons (Fsp3) is 0.455. The van der Waals surface area contributed by atoms with Gasteiger partial charge in [-0.1, -0.05) is 11.6 Å². The van der Waals surface area contributed by atoms with E-state index in [1.165, 1.54) is 12.1 Å². The SMILES string of the molecule is CN(Cc1cc(Cl)ccc1F)C(CO)CO. The van der Waals surface area contributed by atoms with E-state index in [4.69, 9.17) is 21.8 Å². The summed E-state index contributed by atoms with van der Waals surface area (Å²) in [6.45, 7) is -0.0530. The number of aliphatic hydroxyl groups excluding tert-OH is 2. The third-order valence-corrected chi connectivity index (χ3v) is 2.71. The van der Waals surface area contributed by atoms with Gasteiger partial charge >= 0.3 is 0 Å². The summed E-state index contributed by atoms with van der Waals surface area (Å²) < 4.78 is 13.4. The number of rotatable bonds is 5. The van der Waals surface area contributed by atoms with Gasteiger partial charge in [-0.2, -0.15) is 0 Å². The molecule has 90 valence electrons. The first-order valence-corrected chi connectivity index (χ1v) is 5.32. The predicted molar refractivity (Wildman–Crippen MR) is 60.8 cm³/mol. The number of benzene rings is 1. The first-order chi connectivity index (χ1) is 7.58. The molecule has 16 heavy (non-hydrogen) atoms. The summed E-state index contributed by atoms with van der Waals surface area (Å²) in [5.74, 6) is -0.342. The molecule has 5 heteroatoms. The van der Waals surface area contributed by atoms with Crippen LogP contribution in [-0.2, 0) is 6.54 Å². The van der Waals surface area contributed by atoms with Crippen LogP contribution in [0.1, 0.15) is 5.56 Å². The number of aliphatic hydroxyl groups is 2. The summed E-state index contributed by atoms with van der Waals surface area (Å²) in [5, 5.41) is 18.4. The van der Waals surface area contributed by atoms with E-state index in [0.29, 0.717) is 10.6 Å². The molecule has 0 saturated carbocycles. The number of likely N-dealkylation sites (N-methyl/N-ethyl adjacent to an activating group) is 1. The molecule has 0 saturated heterocycles. The normalized spacial score (nSPS) is 11.4. The molecule has 0 heterocycles. The lowest BCUT2D eigenvalue weighted by molar-refractivity contribution is 0.0867. The van der Waals surface area contributed by atoms with Crippen molar-refractivity contribution >= 4 is 11.6 Å². The Kier molecular flexibility index (Phi) is 5.15. The third kappa shape index (κ3) is 3.42. The Morgan fingerprint density at radius 3 is 2.56 bits per heavy atom. The van der Waals surface area contributed by atoms with E-state index in [2.05, 4.69) is 0 Å². The molecule has 0 aliphatic heterocycles. The molecule has 0 unspecified atom stereocenters. The standard InChI is InChI=1S/C11H15ClFNO2/c1-14(10(6-15)7-16)5-8-4-9(12)2-3-11(8)13/h2-4,10,15-16H,5-7H2,1H3. The molecule has 1 rings (SSSR count). The third-order valence-electron chi connectivity index (χ3n) is 2.47. The summed E-state index contributed by atoms with van der Waals surface area (Å²) in [7, 11) is 1.71. The van der Waals surface area contributed by atoms with Crippen LogP contribution >= 0.6 is 11.6 Å². The van der Waals surface area contributed by atoms with Gasteiger partial charge in [0, 0.05) is 17.1 Å². The summed E-state index contributed by atoms with van der Waals surface area (Å²) in [4.78, 5) is 1.68. The second-order valence-electron chi connectivity index (χ2n) is 3.67. The Hall–Kier alpha value is -0.680. The van der Waals surface area contributed by atoms with E-state index >= 15 is 0 Å². The second kappa shape index (κ2) is 6.15. The van der Waals surface area contributed by atoms with E-state index in [1.807, 2.05) is 0 Å². The van der Waals surface area contributed by atoms with Crippen LogP contribution in [0.2, 0.25) is 5.02 Å². The maximum Gasteiger partial charge on any atom is 0.127 e. The Labute approximate surface area is 99.1 Å². The van der Waals surface area contributed by atoms with Gasteiger partial charge in [0.05, 0.1) is 19.3 Å². The van der Waals surface area contributed by atoms with Crippen molar-refractivity contribution in [1.29, 1.82) is 0 Å². The van der Waals surface area contributed by atoms with Crippen molar-refractivity contribution in [1.82, 2.24) is 4.90 Å². The van der Waals surface area contributed by atoms with Gasteiger partial charge in [-0.3, -0.25) is 4.90 Å². The highest BCUT2D eigenvalue weighted by Crippen LogP contribution is 2.16. The first-order valence-electron chi connectivity index (χ1n) is 4.94. The lowest BCUT2D eigenvalue weighted by Gasteiger charge is -2.24. The lowest BCUT2D eigenvalue weighted by atomic mass is 10.2. The number of nitrogens with zero attached hydrogens (tertiary/aromatic N) is 1. The first kappa shape index (κ1) is 13.4. The lowest BCUT2D eigenvalue weighted by Crippen LogP contribution is -2.37. The van der Waals surface area contributed by atoms with Crippen molar-refractivity contribution in [2.24, 2.45) is 0 Å². The Morgan fingerprint density at radius 1 is 1.38 bits per heavy atom. The van der Waals surface area contributed by atoms with Crippen molar-refractivity contribution in [2.75, 3.05) is 20.3 Å². The Balaban J connectivity index is 2.75. The van der Waals surface area contributed by atoms with Gasteiger partial charge in [0.1, 0.15) is 5.82 Å². The molecule has 3 nitrogen and oxygen atoms in total. The van der Waals surface area contributed by atoms with Crippen molar-refractivity contribution in [2.45, 2.75) is 12.6 Å². The van der Waals surface area contributed by atoms with Gasteiger partial charge in [-0.25, -0.2) is 4.39 Å². The molecule has 1 aromatic rings. The highest BCUT2D eigenvalue weighted by molar-refractivity contribution is 6.30. The highest BCUT2D eigenvalue weighted by atomic mass is 35.5. The molecular formula is C11H15ClFNO2. The van der Waals surface area contributed by atoms with E-state index < -0.39 is 6.04 Å². The van der Waals surface area contributed by atoms with Crippen LogP contribution in [0.25, 0.3) is 0 Å². The molecule has 0 atom stereocenters. The van der Waals surface area contributed by atoms with Gasteiger partial charge in [0.2, 0.25) is 0 Å². The smallest absolute Gasteiger partial charge is 0.127 e. The molecule has 0 amide bonds. The van der Waals surface area contributed by atoms with Crippen LogP contribution in [0, 0.1) is 5.82 Å². The number of halogens is 2. The van der Waals surface area contributed by atoms with Crippen molar-refractivity contribution in [3.8, 4) is 0 Å². The van der Waals surface area contributed by atoms with E-state index in [1.54, 1.807) is 18.0 Å². The van der Waals surface area contributed by atoms with Crippen LogP contribution in [0.5, 0.6) is 0 Å². The van der Waals surface area contributed by atoms with Crippen molar-refractivity contribution < 1.29 is 14.6 Å². The Bertz CT molecular complexity index is 345. The zero-order chi connectivity index (χ0) is 12.1. The summed E-state index contributed by atoms with van der Waals surface area (Å²) >= 11 is 5.76. The fourth-order valence-corrected chi connectivity index (χ4v) is 1.59. The van der Waals surface area contributed by atoms with Gasteiger partial charge in [0.15, 0.2) is 0 Å². The zero-order valence-corrected chi connectivity index (χ0v) is 9.78. The van der Waals surface area contributed by atoms with Gasteiger partial charge < -0.3 is 10.2 Å². The minimum atomic E-state index is -0.390. The van der Waals surface area contributed by atoms with Crippen LogP contribution in [0.3, 0.4) is 0 Å². The van der Waals surface area contributed by atoms with Gasteiger partial charge in [0.25, 0.3) is 0 Å². The van der Waals surface area contributed by atoms with Crippen LogP contribution in [-0.4, -0.2) is 41.4 Å². The average molecular weight is 248 g/mol.